The van der Waals surface area contributed by atoms with Crippen molar-refractivity contribution in [1.29, 1.82) is 0 Å². The maximum absolute atomic E-state index is 12.5. The Bertz CT molecular complexity index is 898. The third-order valence-corrected chi connectivity index (χ3v) is 7.25. The van der Waals surface area contributed by atoms with Crippen LogP contribution in [0.1, 0.15) is 44.1 Å². The fraction of sp³-hybridized carbons (Fsp3) is 0.583. The Morgan fingerprint density at radius 3 is 2.83 bits per heavy atom. The molecule has 2 aromatic rings. The van der Waals surface area contributed by atoms with Gasteiger partial charge in [0.1, 0.15) is 5.82 Å². The minimum absolute atomic E-state index is 0.249. The number of hydrogen-bond donors (Lipinski definition) is 0. The van der Waals surface area contributed by atoms with Gasteiger partial charge in [-0.15, -0.1) is 0 Å². The van der Waals surface area contributed by atoms with Crippen molar-refractivity contribution in [2.75, 3.05) is 37.7 Å². The van der Waals surface area contributed by atoms with Crippen LogP contribution in [0.4, 0.5) is 5.82 Å². The van der Waals surface area contributed by atoms with E-state index in [-0.39, 0.29) is 11.5 Å². The summed E-state index contributed by atoms with van der Waals surface area (Å²) in [7, 11) is 0. The number of benzene rings is 1. The van der Waals surface area contributed by atoms with Gasteiger partial charge in [0.15, 0.2) is 0 Å². The molecule has 1 spiro atoms. The van der Waals surface area contributed by atoms with E-state index in [1.165, 1.54) is 10.9 Å². The minimum Gasteiger partial charge on any atom is -0.376 e. The number of carbonyl (C=O) groups excluding carboxylic acids is 1. The Kier molecular flexibility index (Phi) is 4.94. The second-order valence-corrected chi connectivity index (χ2v) is 9.21. The van der Waals surface area contributed by atoms with Crippen LogP contribution >= 0.6 is 0 Å². The molecule has 0 radical (unpaired) electrons. The summed E-state index contributed by atoms with van der Waals surface area (Å²) in [5, 5.41) is 1.24. The van der Waals surface area contributed by atoms with Gasteiger partial charge < -0.3 is 14.5 Å². The smallest absolute Gasteiger partial charge is 0.222 e. The fourth-order valence-electron chi connectivity index (χ4n) is 5.41. The maximum atomic E-state index is 12.5. The highest BCUT2D eigenvalue weighted by Gasteiger charge is 2.41. The second kappa shape index (κ2) is 7.60. The quantitative estimate of drug-likeness (QED) is 0.793. The number of aryl methyl sites for hydroxylation is 1. The molecule has 0 N–H and O–H groups in total. The summed E-state index contributed by atoms with van der Waals surface area (Å²) in [4.78, 5) is 22.0. The van der Waals surface area contributed by atoms with E-state index in [9.17, 15) is 4.79 Å². The first-order chi connectivity index (χ1) is 14.1. The molecule has 1 aromatic carbocycles. The molecule has 5 rings (SSSR count). The van der Waals surface area contributed by atoms with Crippen LogP contribution in [0.15, 0.2) is 30.3 Å². The van der Waals surface area contributed by atoms with Crippen LogP contribution in [0.2, 0.25) is 0 Å². The molecule has 3 aliphatic rings. The zero-order valence-corrected chi connectivity index (χ0v) is 17.4. The number of nitrogens with zero attached hydrogens (tertiary/aromatic N) is 3. The number of piperidine rings is 2. The number of carbonyl (C=O) groups is 1. The van der Waals surface area contributed by atoms with E-state index < -0.39 is 0 Å². The molecule has 0 saturated carbocycles. The molecule has 5 heteroatoms. The van der Waals surface area contributed by atoms with Crippen LogP contribution in [0.25, 0.3) is 10.9 Å². The second-order valence-electron chi connectivity index (χ2n) is 9.21. The Hall–Kier alpha value is -2.14. The van der Waals surface area contributed by atoms with Crippen molar-refractivity contribution in [2.24, 2.45) is 5.41 Å². The van der Waals surface area contributed by atoms with Crippen molar-refractivity contribution >= 4 is 22.6 Å². The molecular weight excluding hydrogens is 362 g/mol. The molecule has 5 nitrogen and oxygen atoms in total. The highest BCUT2D eigenvalue weighted by molar-refractivity contribution is 5.83. The van der Waals surface area contributed by atoms with Gasteiger partial charge in [-0.05, 0) is 62.1 Å². The average molecular weight is 394 g/mol. The van der Waals surface area contributed by atoms with Gasteiger partial charge in [0.2, 0.25) is 5.91 Å². The van der Waals surface area contributed by atoms with Gasteiger partial charge in [0, 0.05) is 44.6 Å². The highest BCUT2D eigenvalue weighted by atomic mass is 16.5. The van der Waals surface area contributed by atoms with Gasteiger partial charge in [-0.25, -0.2) is 4.98 Å². The lowest BCUT2D eigenvalue weighted by Gasteiger charge is -2.48. The highest BCUT2D eigenvalue weighted by Crippen LogP contribution is 2.41. The van der Waals surface area contributed by atoms with Gasteiger partial charge in [0.05, 0.1) is 11.6 Å². The summed E-state index contributed by atoms with van der Waals surface area (Å²) in [6.45, 7) is 6.76. The van der Waals surface area contributed by atoms with E-state index in [0.29, 0.717) is 12.3 Å². The van der Waals surface area contributed by atoms with E-state index in [2.05, 4.69) is 47.1 Å². The number of aromatic nitrogens is 1. The lowest BCUT2D eigenvalue weighted by Crippen LogP contribution is -2.53. The summed E-state index contributed by atoms with van der Waals surface area (Å²) in [5.74, 6) is 1.42. The van der Waals surface area contributed by atoms with Crippen molar-refractivity contribution < 1.29 is 9.53 Å². The summed E-state index contributed by atoms with van der Waals surface area (Å²) in [5.41, 5.74) is 2.64. The summed E-state index contributed by atoms with van der Waals surface area (Å²) >= 11 is 0. The first kappa shape index (κ1) is 18.9. The van der Waals surface area contributed by atoms with Crippen LogP contribution in [0.5, 0.6) is 0 Å². The van der Waals surface area contributed by atoms with Crippen molar-refractivity contribution in [1.82, 2.24) is 9.88 Å². The molecule has 154 valence electrons. The van der Waals surface area contributed by atoms with E-state index in [1.807, 2.05) is 0 Å². The SMILES string of the molecule is Cc1cc(N2CCC3(CCC(=O)N(C[C@@H]4CCCO4)C3)CC2)nc2ccccc12. The first-order valence-corrected chi connectivity index (χ1v) is 11.1. The first-order valence-electron chi connectivity index (χ1n) is 11.1. The molecule has 3 aliphatic heterocycles. The molecule has 1 amide bonds. The number of likely N-dealkylation sites (tertiary alicyclic amines) is 1. The predicted octanol–water partition coefficient (Wildman–Crippen LogP) is 3.93. The van der Waals surface area contributed by atoms with Gasteiger partial charge in [0.25, 0.3) is 0 Å². The van der Waals surface area contributed by atoms with E-state index in [0.717, 1.165) is 76.2 Å². The zero-order valence-electron chi connectivity index (χ0n) is 17.4. The van der Waals surface area contributed by atoms with Crippen molar-refractivity contribution in [3.05, 3.63) is 35.9 Å². The standard InChI is InChI=1S/C24H31N3O2/c1-18-15-22(25-21-7-3-2-6-20(18)21)26-12-10-24(11-13-26)9-8-23(28)27(17-24)16-19-5-4-14-29-19/h2-3,6-7,15,19H,4-5,8-14,16-17H2,1H3/t19-/m0/s1. The zero-order chi connectivity index (χ0) is 19.8. The molecule has 0 bridgehead atoms. The minimum atomic E-state index is 0.249. The van der Waals surface area contributed by atoms with Gasteiger partial charge in [-0.2, -0.15) is 0 Å². The monoisotopic (exact) mass is 393 g/mol. The molecule has 3 fully saturated rings. The van der Waals surface area contributed by atoms with Crippen LogP contribution in [0, 0.1) is 12.3 Å². The lowest BCUT2D eigenvalue weighted by molar-refractivity contribution is -0.140. The molecule has 1 aromatic heterocycles. The van der Waals surface area contributed by atoms with Crippen molar-refractivity contribution in [3.8, 4) is 0 Å². The van der Waals surface area contributed by atoms with Gasteiger partial charge in [-0.1, -0.05) is 18.2 Å². The van der Waals surface area contributed by atoms with Crippen LogP contribution < -0.4 is 4.90 Å². The Morgan fingerprint density at radius 2 is 2.03 bits per heavy atom. The number of para-hydroxylation sites is 1. The molecular formula is C24H31N3O2. The number of hydrogen-bond acceptors (Lipinski definition) is 4. The lowest BCUT2D eigenvalue weighted by atomic mass is 9.72. The van der Waals surface area contributed by atoms with E-state index in [4.69, 9.17) is 9.72 Å². The van der Waals surface area contributed by atoms with Crippen LogP contribution in [0.3, 0.4) is 0 Å². The molecule has 3 saturated heterocycles. The molecule has 0 unspecified atom stereocenters. The Morgan fingerprint density at radius 1 is 1.21 bits per heavy atom. The van der Waals surface area contributed by atoms with Crippen molar-refractivity contribution in [3.63, 3.8) is 0 Å². The van der Waals surface area contributed by atoms with Crippen LogP contribution in [-0.4, -0.2) is 54.7 Å². The van der Waals surface area contributed by atoms with E-state index >= 15 is 0 Å². The number of amides is 1. The summed E-state index contributed by atoms with van der Waals surface area (Å²) in [6, 6.07) is 10.6. The van der Waals surface area contributed by atoms with Crippen molar-refractivity contribution in [2.45, 2.75) is 51.6 Å². The molecule has 1 atom stereocenters. The molecule has 29 heavy (non-hydrogen) atoms. The maximum Gasteiger partial charge on any atom is 0.222 e. The number of fused-ring (bicyclic) bond motifs is 1. The normalized spacial score (nSPS) is 24.6. The van der Waals surface area contributed by atoms with Gasteiger partial charge >= 0.3 is 0 Å². The topological polar surface area (TPSA) is 45.7 Å². The predicted molar refractivity (Wildman–Crippen MR) is 115 cm³/mol. The fourth-order valence-corrected chi connectivity index (χ4v) is 5.41. The number of rotatable bonds is 3. The third-order valence-electron chi connectivity index (χ3n) is 7.25. The number of pyridine rings is 1. The Balaban J connectivity index is 1.27. The summed E-state index contributed by atoms with van der Waals surface area (Å²) < 4.78 is 5.79. The number of anilines is 1. The number of ether oxygens (including phenoxy) is 1. The third kappa shape index (κ3) is 3.73. The van der Waals surface area contributed by atoms with Gasteiger partial charge in [-0.3, -0.25) is 4.79 Å². The summed E-state index contributed by atoms with van der Waals surface area (Å²) in [6.07, 6.45) is 6.47. The average Bonchev–Trinajstić information content (AvgIpc) is 3.25. The molecule has 0 aliphatic carbocycles. The van der Waals surface area contributed by atoms with Crippen LogP contribution in [-0.2, 0) is 9.53 Å². The molecule has 4 heterocycles. The Labute approximate surface area is 173 Å². The largest absolute Gasteiger partial charge is 0.376 e. The van der Waals surface area contributed by atoms with E-state index in [1.54, 1.807) is 0 Å².